The van der Waals surface area contributed by atoms with Crippen molar-refractivity contribution in [1.29, 1.82) is 0 Å². The lowest BCUT2D eigenvalue weighted by Gasteiger charge is -2.33. The molecule has 31 heavy (non-hydrogen) atoms. The lowest BCUT2D eigenvalue weighted by molar-refractivity contribution is 0.0930. The van der Waals surface area contributed by atoms with Crippen LogP contribution in [0.25, 0.3) is 10.9 Å². The first-order valence-electron chi connectivity index (χ1n) is 11.1. The molecule has 1 aliphatic rings. The van der Waals surface area contributed by atoms with E-state index in [4.69, 9.17) is 0 Å². The number of nitrogens with one attached hydrogen (secondary N) is 1. The van der Waals surface area contributed by atoms with Gasteiger partial charge in [0, 0.05) is 70.3 Å². The summed E-state index contributed by atoms with van der Waals surface area (Å²) < 4.78 is 28.9. The first-order valence-corrected chi connectivity index (χ1v) is 12.6. The van der Waals surface area contributed by atoms with Crippen LogP contribution in [0.3, 0.4) is 0 Å². The van der Waals surface area contributed by atoms with Gasteiger partial charge in [-0.2, -0.15) is 4.31 Å². The van der Waals surface area contributed by atoms with E-state index in [-0.39, 0.29) is 10.8 Å². The highest BCUT2D eigenvalue weighted by Gasteiger charge is 2.23. The molecule has 0 atom stereocenters. The Morgan fingerprint density at radius 2 is 1.68 bits per heavy atom. The Hall–Kier alpha value is -1.94. The van der Waals surface area contributed by atoms with Gasteiger partial charge in [-0.3, -0.25) is 9.69 Å². The van der Waals surface area contributed by atoms with Crippen LogP contribution in [-0.2, 0) is 17.1 Å². The van der Waals surface area contributed by atoms with Gasteiger partial charge in [0.1, 0.15) is 5.69 Å². The lowest BCUT2D eigenvalue weighted by Crippen LogP contribution is -2.48. The van der Waals surface area contributed by atoms with Crippen LogP contribution < -0.4 is 5.32 Å². The number of sulfonamides is 1. The standard InChI is InChI=1S/C22H35N5O3S/c1-5-25-12-14-26(15-13-25)11-10-23-22(28)21-17-18-16-19(8-9-20(18)24(21)4)31(29,30)27(6-2)7-3/h8-9,16-17H,5-7,10-15H2,1-4H3,(H,23,28). The number of amides is 1. The molecule has 0 spiro atoms. The van der Waals surface area contributed by atoms with E-state index in [1.807, 2.05) is 25.5 Å². The molecular weight excluding hydrogens is 414 g/mol. The molecule has 0 unspecified atom stereocenters. The molecule has 1 fully saturated rings. The van der Waals surface area contributed by atoms with Crippen LogP contribution >= 0.6 is 0 Å². The lowest BCUT2D eigenvalue weighted by atomic mass is 10.2. The molecule has 1 N–H and O–H groups in total. The molecule has 3 rings (SSSR count). The quantitative estimate of drug-likeness (QED) is 0.629. The molecule has 0 saturated carbocycles. The van der Waals surface area contributed by atoms with Crippen molar-refractivity contribution in [2.24, 2.45) is 7.05 Å². The number of aromatic nitrogens is 1. The van der Waals surface area contributed by atoms with Crippen LogP contribution in [0.5, 0.6) is 0 Å². The molecular formula is C22H35N5O3S. The van der Waals surface area contributed by atoms with Crippen molar-refractivity contribution < 1.29 is 13.2 Å². The van der Waals surface area contributed by atoms with E-state index in [0.717, 1.165) is 50.2 Å². The van der Waals surface area contributed by atoms with Gasteiger partial charge < -0.3 is 14.8 Å². The Kier molecular flexibility index (Phi) is 7.74. The predicted octanol–water partition coefficient (Wildman–Crippen LogP) is 1.58. The van der Waals surface area contributed by atoms with E-state index in [1.54, 1.807) is 24.3 Å². The summed E-state index contributed by atoms with van der Waals surface area (Å²) in [5, 5.41) is 3.76. The number of likely N-dealkylation sites (N-methyl/N-ethyl adjacent to an activating group) is 1. The molecule has 2 aromatic rings. The van der Waals surface area contributed by atoms with E-state index < -0.39 is 10.0 Å². The minimum atomic E-state index is -3.53. The third kappa shape index (κ3) is 5.11. The second kappa shape index (κ2) is 10.1. The van der Waals surface area contributed by atoms with Crippen molar-refractivity contribution in [3.63, 3.8) is 0 Å². The molecule has 9 heteroatoms. The fraction of sp³-hybridized carbons (Fsp3) is 0.591. The summed E-state index contributed by atoms with van der Waals surface area (Å²) in [6.07, 6.45) is 0. The van der Waals surface area contributed by atoms with Gasteiger partial charge in [-0.25, -0.2) is 8.42 Å². The fourth-order valence-corrected chi connectivity index (χ4v) is 5.66. The molecule has 8 nitrogen and oxygen atoms in total. The van der Waals surface area contributed by atoms with Gasteiger partial charge in [0.25, 0.3) is 5.91 Å². The summed E-state index contributed by atoms with van der Waals surface area (Å²) in [5.41, 5.74) is 1.36. The first kappa shape index (κ1) is 23.7. The van der Waals surface area contributed by atoms with Crippen LogP contribution in [0.2, 0.25) is 0 Å². The van der Waals surface area contributed by atoms with Crippen LogP contribution in [0.4, 0.5) is 0 Å². The Bertz CT molecular complexity index is 1010. The second-order valence-corrected chi connectivity index (χ2v) is 9.87. The van der Waals surface area contributed by atoms with Crippen molar-refractivity contribution in [2.75, 3.05) is 58.9 Å². The van der Waals surface area contributed by atoms with E-state index in [9.17, 15) is 13.2 Å². The maximum atomic E-state index is 12.8. The van der Waals surface area contributed by atoms with Gasteiger partial charge in [0.05, 0.1) is 4.90 Å². The number of benzene rings is 1. The topological polar surface area (TPSA) is 77.9 Å². The van der Waals surface area contributed by atoms with E-state index in [2.05, 4.69) is 22.0 Å². The van der Waals surface area contributed by atoms with E-state index in [1.165, 1.54) is 4.31 Å². The van der Waals surface area contributed by atoms with Crippen molar-refractivity contribution in [3.05, 3.63) is 30.0 Å². The number of aryl methyl sites for hydroxylation is 1. The number of fused-ring (bicyclic) bond motifs is 1. The Balaban J connectivity index is 1.68. The molecule has 1 amide bonds. The largest absolute Gasteiger partial charge is 0.349 e. The molecule has 0 bridgehead atoms. The zero-order chi connectivity index (χ0) is 22.6. The smallest absolute Gasteiger partial charge is 0.267 e. The molecule has 2 heterocycles. The SMILES string of the molecule is CCN1CCN(CCNC(=O)c2cc3cc(S(=O)(=O)N(CC)CC)ccc3n2C)CC1. The predicted molar refractivity (Wildman–Crippen MR) is 124 cm³/mol. The van der Waals surface area contributed by atoms with Crippen molar-refractivity contribution in [2.45, 2.75) is 25.7 Å². The van der Waals surface area contributed by atoms with Crippen molar-refractivity contribution >= 4 is 26.8 Å². The molecule has 0 aliphatic carbocycles. The fourth-order valence-electron chi connectivity index (χ4n) is 4.17. The van der Waals surface area contributed by atoms with Gasteiger partial charge in [0.15, 0.2) is 0 Å². The Morgan fingerprint density at radius 3 is 2.29 bits per heavy atom. The summed E-state index contributed by atoms with van der Waals surface area (Å²) in [4.78, 5) is 17.8. The molecule has 1 aliphatic heterocycles. The molecule has 1 aromatic carbocycles. The van der Waals surface area contributed by atoms with E-state index in [0.29, 0.717) is 25.3 Å². The first-order chi connectivity index (χ1) is 14.8. The number of hydrogen-bond donors (Lipinski definition) is 1. The van der Waals surface area contributed by atoms with Crippen LogP contribution in [0, 0.1) is 0 Å². The van der Waals surface area contributed by atoms with E-state index >= 15 is 0 Å². The Labute approximate surface area is 185 Å². The average Bonchev–Trinajstić information content (AvgIpc) is 3.11. The van der Waals surface area contributed by atoms with Crippen LogP contribution in [0.15, 0.2) is 29.2 Å². The summed E-state index contributed by atoms with van der Waals surface area (Å²) >= 11 is 0. The highest BCUT2D eigenvalue weighted by Crippen LogP contribution is 2.24. The minimum absolute atomic E-state index is 0.140. The second-order valence-electron chi connectivity index (χ2n) is 7.93. The molecule has 1 saturated heterocycles. The normalized spacial score (nSPS) is 16.3. The number of hydrogen-bond acceptors (Lipinski definition) is 5. The molecule has 0 radical (unpaired) electrons. The van der Waals surface area contributed by atoms with Gasteiger partial charge in [0.2, 0.25) is 10.0 Å². The van der Waals surface area contributed by atoms with Gasteiger partial charge >= 0.3 is 0 Å². The van der Waals surface area contributed by atoms with Gasteiger partial charge in [-0.1, -0.05) is 20.8 Å². The van der Waals surface area contributed by atoms with Gasteiger partial charge in [-0.05, 0) is 30.8 Å². The number of rotatable bonds is 9. The third-order valence-corrected chi connectivity index (χ3v) is 8.26. The number of carbonyl (C=O) groups is 1. The summed E-state index contributed by atoms with van der Waals surface area (Å²) in [7, 11) is -1.70. The third-order valence-electron chi connectivity index (χ3n) is 6.22. The maximum Gasteiger partial charge on any atom is 0.267 e. The highest BCUT2D eigenvalue weighted by atomic mass is 32.2. The Morgan fingerprint density at radius 1 is 1.03 bits per heavy atom. The maximum absolute atomic E-state index is 12.8. The van der Waals surface area contributed by atoms with Crippen molar-refractivity contribution in [1.82, 2.24) is 24.0 Å². The monoisotopic (exact) mass is 449 g/mol. The molecule has 1 aromatic heterocycles. The van der Waals surface area contributed by atoms with Crippen molar-refractivity contribution in [3.8, 4) is 0 Å². The van der Waals surface area contributed by atoms with Gasteiger partial charge in [-0.15, -0.1) is 0 Å². The zero-order valence-electron chi connectivity index (χ0n) is 19.1. The number of piperazine rings is 1. The number of nitrogens with zero attached hydrogens (tertiary/aromatic N) is 4. The summed E-state index contributed by atoms with van der Waals surface area (Å²) in [6.45, 7) is 13.4. The average molecular weight is 450 g/mol. The molecule has 172 valence electrons. The van der Waals surface area contributed by atoms with Crippen LogP contribution in [-0.4, -0.2) is 91.9 Å². The van der Waals surface area contributed by atoms with Crippen LogP contribution in [0.1, 0.15) is 31.3 Å². The minimum Gasteiger partial charge on any atom is -0.349 e. The number of carbonyl (C=O) groups excluding carboxylic acids is 1. The zero-order valence-corrected chi connectivity index (χ0v) is 19.9. The summed E-state index contributed by atoms with van der Waals surface area (Å²) in [5.74, 6) is -0.140. The summed E-state index contributed by atoms with van der Waals surface area (Å²) in [6, 6.07) is 6.82. The highest BCUT2D eigenvalue weighted by molar-refractivity contribution is 7.89.